The van der Waals surface area contributed by atoms with Crippen molar-refractivity contribution in [3.05, 3.63) is 93.7 Å². The molecule has 0 fully saturated rings. The third-order valence-corrected chi connectivity index (χ3v) is 4.66. The number of nitro groups is 1. The zero-order valence-corrected chi connectivity index (χ0v) is 16.9. The van der Waals surface area contributed by atoms with Gasteiger partial charge in [-0.1, -0.05) is 18.2 Å². The molecule has 2 aromatic heterocycles. The summed E-state index contributed by atoms with van der Waals surface area (Å²) in [5.74, 6) is 0.527. The second kappa shape index (κ2) is 8.15. The third-order valence-electron chi connectivity index (χ3n) is 4.66. The van der Waals surface area contributed by atoms with E-state index >= 15 is 0 Å². The number of nitro benzene ring substituents is 1. The summed E-state index contributed by atoms with van der Waals surface area (Å²) < 4.78 is 9.02. The predicted molar refractivity (Wildman–Crippen MR) is 117 cm³/mol. The molecule has 0 saturated carbocycles. The summed E-state index contributed by atoms with van der Waals surface area (Å²) in [5, 5.41) is 19.3. The number of pyridine rings is 1. The highest BCUT2D eigenvalue weighted by atomic mass is 16.6. The maximum absolute atomic E-state index is 12.1. The van der Waals surface area contributed by atoms with Crippen LogP contribution in [0.25, 0.3) is 11.1 Å². The summed E-state index contributed by atoms with van der Waals surface area (Å²) in [4.78, 5) is 23.5. The van der Waals surface area contributed by atoms with Gasteiger partial charge < -0.3 is 14.6 Å². The first kappa shape index (κ1) is 19.9. The fourth-order valence-corrected chi connectivity index (χ4v) is 3.18. The number of anilines is 2. The Kier molecular flexibility index (Phi) is 5.23. The summed E-state index contributed by atoms with van der Waals surface area (Å²) >= 11 is 0. The van der Waals surface area contributed by atoms with Gasteiger partial charge in [0.25, 0.3) is 0 Å². The number of hydrogen-bond acceptors (Lipinski definition) is 6. The molecule has 0 atom stereocenters. The lowest BCUT2D eigenvalue weighted by atomic mass is 10.0. The van der Waals surface area contributed by atoms with Gasteiger partial charge in [-0.3, -0.25) is 19.6 Å². The lowest BCUT2D eigenvalue weighted by molar-refractivity contribution is -0.384. The molecule has 2 aromatic carbocycles. The summed E-state index contributed by atoms with van der Waals surface area (Å²) in [6.45, 7) is 0. The van der Waals surface area contributed by atoms with Crippen molar-refractivity contribution in [3.8, 4) is 22.6 Å². The Morgan fingerprint density at radius 2 is 1.81 bits per heavy atom. The molecule has 4 rings (SSSR count). The molecular formula is C22H19N5O4. The fraction of sp³-hybridized carbons (Fsp3) is 0.0909. The number of nitrogens with zero attached hydrogens (tertiary/aromatic N) is 4. The minimum absolute atomic E-state index is 0.0729. The van der Waals surface area contributed by atoms with Crippen LogP contribution in [0.2, 0.25) is 0 Å². The van der Waals surface area contributed by atoms with Crippen LogP contribution in [0, 0.1) is 10.1 Å². The molecule has 0 unspecified atom stereocenters. The topological polar surface area (TPSA) is 104 Å². The molecule has 9 nitrogen and oxygen atoms in total. The fourth-order valence-electron chi connectivity index (χ4n) is 3.18. The van der Waals surface area contributed by atoms with E-state index in [0.29, 0.717) is 22.6 Å². The standard InChI is InChI=1S/C22H19N5O4/c1-25-13-15(8-11-20(25)28)18-9-10-19(24-16-12-23-26(2)14-16)21(27(29)30)22(18)31-17-6-4-3-5-7-17/h3-14,24H,1-2H3. The van der Waals surface area contributed by atoms with Crippen molar-refractivity contribution in [2.45, 2.75) is 0 Å². The average Bonchev–Trinajstić information content (AvgIpc) is 3.15. The highest BCUT2D eigenvalue weighted by molar-refractivity contribution is 5.84. The summed E-state index contributed by atoms with van der Waals surface area (Å²) in [7, 11) is 3.38. The van der Waals surface area contributed by atoms with Gasteiger partial charge in [-0.05, 0) is 30.3 Å². The van der Waals surface area contributed by atoms with E-state index in [9.17, 15) is 14.9 Å². The van der Waals surface area contributed by atoms with Crippen LogP contribution in [0.5, 0.6) is 11.5 Å². The number of aryl methyl sites for hydroxylation is 2. The second-order valence-electron chi connectivity index (χ2n) is 6.91. The monoisotopic (exact) mass is 417 g/mol. The van der Waals surface area contributed by atoms with Crippen LogP contribution in [0.3, 0.4) is 0 Å². The van der Waals surface area contributed by atoms with Crippen LogP contribution in [-0.2, 0) is 14.1 Å². The maximum atomic E-state index is 12.1. The Morgan fingerprint density at radius 1 is 1.03 bits per heavy atom. The molecule has 0 saturated heterocycles. The molecule has 156 valence electrons. The Morgan fingerprint density at radius 3 is 2.45 bits per heavy atom. The van der Waals surface area contributed by atoms with Gasteiger partial charge in [0, 0.05) is 43.7 Å². The van der Waals surface area contributed by atoms with E-state index in [2.05, 4.69) is 10.4 Å². The Labute approximate surface area is 177 Å². The van der Waals surface area contributed by atoms with Gasteiger partial charge in [0.1, 0.15) is 11.4 Å². The largest absolute Gasteiger partial charge is 0.449 e. The molecule has 1 N–H and O–H groups in total. The minimum atomic E-state index is -0.484. The van der Waals surface area contributed by atoms with Gasteiger partial charge in [0.2, 0.25) is 11.3 Å². The quantitative estimate of drug-likeness (QED) is 0.372. The highest BCUT2D eigenvalue weighted by Crippen LogP contribution is 2.45. The van der Waals surface area contributed by atoms with E-state index in [1.54, 1.807) is 79.8 Å². The summed E-state index contributed by atoms with van der Waals surface area (Å²) in [6.07, 6.45) is 4.90. The number of aromatic nitrogens is 3. The van der Waals surface area contributed by atoms with Crippen LogP contribution < -0.4 is 15.6 Å². The number of ether oxygens (including phenoxy) is 1. The molecule has 9 heteroatoms. The third kappa shape index (κ3) is 4.15. The second-order valence-corrected chi connectivity index (χ2v) is 6.91. The Hall–Kier alpha value is -4.40. The number of hydrogen-bond donors (Lipinski definition) is 1. The van der Waals surface area contributed by atoms with E-state index in [1.807, 2.05) is 6.07 Å². The molecule has 0 spiro atoms. The zero-order valence-electron chi connectivity index (χ0n) is 16.9. The number of nitrogens with one attached hydrogen (secondary N) is 1. The molecule has 0 aliphatic heterocycles. The minimum Gasteiger partial charge on any atom is -0.449 e. The maximum Gasteiger partial charge on any atom is 0.335 e. The van der Waals surface area contributed by atoms with Crippen LogP contribution in [-0.4, -0.2) is 19.3 Å². The van der Waals surface area contributed by atoms with E-state index in [1.165, 1.54) is 10.6 Å². The van der Waals surface area contributed by atoms with Crippen molar-refractivity contribution < 1.29 is 9.66 Å². The summed E-state index contributed by atoms with van der Waals surface area (Å²) in [6, 6.07) is 15.2. The molecule has 0 amide bonds. The van der Waals surface area contributed by atoms with E-state index < -0.39 is 4.92 Å². The van der Waals surface area contributed by atoms with Crippen LogP contribution in [0.4, 0.5) is 17.1 Å². The molecule has 0 aliphatic rings. The van der Waals surface area contributed by atoms with Crippen LogP contribution in [0.15, 0.2) is 78.0 Å². The van der Waals surface area contributed by atoms with Crippen LogP contribution in [0.1, 0.15) is 0 Å². The van der Waals surface area contributed by atoms with Gasteiger partial charge >= 0.3 is 5.69 Å². The van der Waals surface area contributed by atoms with Crippen molar-refractivity contribution in [1.29, 1.82) is 0 Å². The number of rotatable bonds is 6. The number of benzene rings is 2. The summed E-state index contributed by atoms with van der Waals surface area (Å²) in [5.41, 5.74) is 1.56. The van der Waals surface area contributed by atoms with Gasteiger partial charge in [-0.15, -0.1) is 0 Å². The predicted octanol–water partition coefficient (Wildman–Crippen LogP) is 4.23. The van der Waals surface area contributed by atoms with Crippen molar-refractivity contribution in [3.63, 3.8) is 0 Å². The lowest BCUT2D eigenvalue weighted by Crippen LogP contribution is -2.14. The molecule has 0 radical (unpaired) electrons. The van der Waals surface area contributed by atoms with E-state index in [4.69, 9.17) is 4.74 Å². The first-order valence-electron chi connectivity index (χ1n) is 9.39. The normalized spacial score (nSPS) is 10.6. The van der Waals surface area contributed by atoms with E-state index in [-0.39, 0.29) is 22.7 Å². The first-order valence-corrected chi connectivity index (χ1v) is 9.39. The lowest BCUT2D eigenvalue weighted by Gasteiger charge is -2.15. The van der Waals surface area contributed by atoms with Crippen molar-refractivity contribution >= 4 is 17.1 Å². The average molecular weight is 417 g/mol. The molecular weight excluding hydrogens is 398 g/mol. The zero-order chi connectivity index (χ0) is 22.0. The molecule has 31 heavy (non-hydrogen) atoms. The van der Waals surface area contributed by atoms with Gasteiger partial charge in [0.15, 0.2) is 0 Å². The highest BCUT2D eigenvalue weighted by Gasteiger charge is 2.27. The Balaban J connectivity index is 1.91. The molecule has 4 aromatic rings. The first-order chi connectivity index (χ1) is 14.9. The number of para-hydroxylation sites is 1. The van der Waals surface area contributed by atoms with E-state index in [0.717, 1.165) is 0 Å². The molecule has 2 heterocycles. The molecule has 0 bridgehead atoms. The van der Waals surface area contributed by atoms with Crippen LogP contribution >= 0.6 is 0 Å². The van der Waals surface area contributed by atoms with Gasteiger partial charge in [-0.25, -0.2) is 0 Å². The SMILES string of the molecule is Cn1cc(Nc2ccc(-c3ccc(=O)n(C)c3)c(Oc3ccccc3)c2[N+](=O)[O-])cn1. The Bertz CT molecular complexity index is 1310. The van der Waals surface area contributed by atoms with Crippen molar-refractivity contribution in [2.75, 3.05) is 5.32 Å². The van der Waals surface area contributed by atoms with Gasteiger partial charge in [0.05, 0.1) is 16.8 Å². The van der Waals surface area contributed by atoms with Crippen molar-refractivity contribution in [1.82, 2.24) is 14.3 Å². The van der Waals surface area contributed by atoms with Gasteiger partial charge in [-0.2, -0.15) is 5.10 Å². The van der Waals surface area contributed by atoms with Crippen molar-refractivity contribution in [2.24, 2.45) is 14.1 Å². The smallest absolute Gasteiger partial charge is 0.335 e. The molecule has 0 aliphatic carbocycles.